The van der Waals surface area contributed by atoms with Gasteiger partial charge in [0.25, 0.3) is 0 Å². The first-order valence-electron chi connectivity index (χ1n) is 10.9. The zero-order valence-corrected chi connectivity index (χ0v) is 19.6. The van der Waals surface area contributed by atoms with Crippen LogP contribution in [0.15, 0.2) is 83.5 Å². The van der Waals surface area contributed by atoms with E-state index in [1.165, 1.54) is 0 Å². The third-order valence-electron chi connectivity index (χ3n) is 5.56. The Bertz CT molecular complexity index is 1290. The van der Waals surface area contributed by atoms with Crippen LogP contribution >= 0.6 is 11.6 Å². The van der Waals surface area contributed by atoms with Crippen molar-refractivity contribution in [2.75, 3.05) is 6.61 Å². The van der Waals surface area contributed by atoms with Gasteiger partial charge in [-0.25, -0.2) is 0 Å². The molecule has 0 aliphatic rings. The number of ether oxygens (including phenoxy) is 1. The molecule has 168 valence electrons. The summed E-state index contributed by atoms with van der Waals surface area (Å²) >= 11 is 6.05. The van der Waals surface area contributed by atoms with Gasteiger partial charge >= 0.3 is 0 Å². The van der Waals surface area contributed by atoms with Crippen LogP contribution in [0.5, 0.6) is 5.75 Å². The fourth-order valence-corrected chi connectivity index (χ4v) is 3.97. The topological polar surface area (TPSA) is 51.5 Å². The molecule has 0 saturated carbocycles. The summed E-state index contributed by atoms with van der Waals surface area (Å²) in [6.45, 7) is 6.33. The molecule has 0 aliphatic heterocycles. The lowest BCUT2D eigenvalue weighted by Gasteiger charge is -2.14. The third-order valence-corrected chi connectivity index (χ3v) is 5.81. The normalized spacial score (nSPS) is 12.5. The maximum atomic E-state index is 12.8. The van der Waals surface area contributed by atoms with Crippen molar-refractivity contribution in [2.24, 2.45) is 0 Å². The van der Waals surface area contributed by atoms with Crippen LogP contribution in [0.1, 0.15) is 37.9 Å². The minimum Gasteiger partial charge on any atom is -0.493 e. The van der Waals surface area contributed by atoms with Gasteiger partial charge in [-0.3, -0.25) is 4.79 Å². The van der Waals surface area contributed by atoms with Crippen molar-refractivity contribution in [3.05, 3.63) is 95.2 Å². The van der Waals surface area contributed by atoms with Crippen LogP contribution in [-0.2, 0) is 4.79 Å². The molecular formula is C28H26ClNO3. The van der Waals surface area contributed by atoms with E-state index in [0.29, 0.717) is 17.4 Å². The second kappa shape index (κ2) is 9.97. The summed E-state index contributed by atoms with van der Waals surface area (Å²) in [5.74, 6) is 0.524. The molecule has 1 atom stereocenters. The van der Waals surface area contributed by atoms with E-state index in [1.54, 1.807) is 12.3 Å². The maximum Gasteiger partial charge on any atom is 0.244 e. The Morgan fingerprint density at radius 3 is 2.55 bits per heavy atom. The highest BCUT2D eigenvalue weighted by Gasteiger charge is 2.16. The second-order valence-electron chi connectivity index (χ2n) is 7.90. The van der Waals surface area contributed by atoms with E-state index < -0.39 is 0 Å². The van der Waals surface area contributed by atoms with Gasteiger partial charge in [-0.05, 0) is 55.7 Å². The summed E-state index contributed by atoms with van der Waals surface area (Å²) in [5.41, 5.74) is 5.40. The monoisotopic (exact) mass is 459 g/mol. The van der Waals surface area contributed by atoms with E-state index in [1.807, 2.05) is 87.5 Å². The fraction of sp³-hybridized carbons (Fsp3) is 0.179. The molecule has 1 amide bonds. The summed E-state index contributed by atoms with van der Waals surface area (Å²) in [7, 11) is 0. The molecule has 5 heteroatoms. The molecule has 1 heterocycles. The number of benzene rings is 3. The summed E-state index contributed by atoms with van der Waals surface area (Å²) in [6, 6.07) is 21.3. The predicted molar refractivity (Wildman–Crippen MR) is 134 cm³/mol. The average molecular weight is 460 g/mol. The van der Waals surface area contributed by atoms with Crippen molar-refractivity contribution >= 4 is 34.1 Å². The Morgan fingerprint density at radius 1 is 1.12 bits per heavy atom. The summed E-state index contributed by atoms with van der Waals surface area (Å²) in [5, 5.41) is 4.66. The minimum absolute atomic E-state index is 0.0954. The number of carbonyl (C=O) groups excluding carboxylic acids is 1. The molecular weight excluding hydrogens is 434 g/mol. The van der Waals surface area contributed by atoms with E-state index in [-0.39, 0.29) is 11.9 Å². The van der Waals surface area contributed by atoms with Gasteiger partial charge < -0.3 is 14.5 Å². The second-order valence-corrected chi connectivity index (χ2v) is 8.34. The predicted octanol–water partition coefficient (Wildman–Crippen LogP) is 7.43. The first kappa shape index (κ1) is 22.7. The van der Waals surface area contributed by atoms with Crippen molar-refractivity contribution in [2.45, 2.75) is 26.8 Å². The standard InChI is InChI=1S/C28H26ClNO3/c1-4-32-26-16-27-24(25(17-33-27)21-10-12-22(29)13-11-21)15-23(26)18(2)14-28(31)30-19(3)20-8-6-5-7-9-20/h5-17,19H,4H2,1-3H3,(H,30,31)/b18-14+. The van der Waals surface area contributed by atoms with Gasteiger partial charge in [-0.2, -0.15) is 0 Å². The van der Waals surface area contributed by atoms with Crippen LogP contribution in [-0.4, -0.2) is 12.5 Å². The quantitative estimate of drug-likeness (QED) is 0.292. The fourth-order valence-electron chi connectivity index (χ4n) is 3.85. The zero-order valence-electron chi connectivity index (χ0n) is 18.9. The molecule has 1 aromatic heterocycles. The molecule has 0 fully saturated rings. The molecule has 0 aliphatic carbocycles. The zero-order chi connectivity index (χ0) is 23.4. The molecule has 4 rings (SSSR count). The average Bonchev–Trinajstić information content (AvgIpc) is 3.22. The van der Waals surface area contributed by atoms with Crippen molar-refractivity contribution in [1.29, 1.82) is 0 Å². The Morgan fingerprint density at radius 2 is 1.85 bits per heavy atom. The highest BCUT2D eigenvalue weighted by atomic mass is 35.5. The largest absolute Gasteiger partial charge is 0.493 e. The lowest BCUT2D eigenvalue weighted by molar-refractivity contribution is -0.117. The van der Waals surface area contributed by atoms with E-state index in [2.05, 4.69) is 5.32 Å². The smallest absolute Gasteiger partial charge is 0.244 e. The van der Waals surface area contributed by atoms with Crippen molar-refractivity contribution in [3.8, 4) is 16.9 Å². The van der Waals surface area contributed by atoms with Crippen LogP contribution in [0.4, 0.5) is 0 Å². The van der Waals surface area contributed by atoms with Gasteiger partial charge in [0.05, 0.1) is 18.9 Å². The van der Waals surface area contributed by atoms with Gasteiger partial charge in [0.2, 0.25) is 5.91 Å². The molecule has 0 spiro atoms. The minimum atomic E-state index is -0.156. The molecule has 4 aromatic rings. The number of allylic oxidation sites excluding steroid dienone is 1. The molecule has 0 bridgehead atoms. The van der Waals surface area contributed by atoms with Gasteiger partial charge in [0.15, 0.2) is 0 Å². The van der Waals surface area contributed by atoms with Gasteiger partial charge in [-0.1, -0.05) is 54.1 Å². The van der Waals surface area contributed by atoms with Crippen LogP contribution in [0, 0.1) is 0 Å². The van der Waals surface area contributed by atoms with Gasteiger partial charge in [-0.15, -0.1) is 0 Å². The number of carbonyl (C=O) groups is 1. The summed E-state index contributed by atoms with van der Waals surface area (Å²) in [4.78, 5) is 12.8. The Balaban J connectivity index is 1.68. The van der Waals surface area contributed by atoms with Crippen molar-refractivity contribution in [1.82, 2.24) is 5.32 Å². The SMILES string of the molecule is CCOc1cc2occ(-c3ccc(Cl)cc3)c2cc1/C(C)=C/C(=O)NC(C)c1ccccc1. The molecule has 33 heavy (non-hydrogen) atoms. The summed E-state index contributed by atoms with van der Waals surface area (Å²) in [6.07, 6.45) is 3.35. The number of nitrogens with one attached hydrogen (secondary N) is 1. The Hall–Kier alpha value is -3.50. The van der Waals surface area contributed by atoms with Crippen molar-refractivity contribution in [3.63, 3.8) is 0 Å². The molecule has 0 radical (unpaired) electrons. The Kier molecular flexibility index (Phi) is 6.85. The number of rotatable bonds is 7. The Labute approximate surface area is 198 Å². The molecule has 1 unspecified atom stereocenters. The first-order chi connectivity index (χ1) is 16.0. The first-order valence-corrected chi connectivity index (χ1v) is 11.3. The number of hydrogen-bond donors (Lipinski definition) is 1. The van der Waals surface area contributed by atoms with Gasteiger partial charge in [0.1, 0.15) is 11.3 Å². The number of fused-ring (bicyclic) bond motifs is 1. The number of furan rings is 1. The molecule has 0 saturated heterocycles. The maximum absolute atomic E-state index is 12.8. The van der Waals surface area contributed by atoms with Crippen LogP contribution < -0.4 is 10.1 Å². The number of amides is 1. The molecule has 1 N–H and O–H groups in total. The highest BCUT2D eigenvalue weighted by Crippen LogP contribution is 2.37. The van der Waals surface area contributed by atoms with E-state index in [9.17, 15) is 4.79 Å². The van der Waals surface area contributed by atoms with E-state index >= 15 is 0 Å². The summed E-state index contributed by atoms with van der Waals surface area (Å²) < 4.78 is 11.7. The highest BCUT2D eigenvalue weighted by molar-refractivity contribution is 6.30. The van der Waals surface area contributed by atoms with Crippen molar-refractivity contribution < 1.29 is 13.9 Å². The third kappa shape index (κ3) is 5.12. The number of hydrogen-bond acceptors (Lipinski definition) is 3. The molecule has 4 nitrogen and oxygen atoms in total. The van der Waals surface area contributed by atoms with Gasteiger partial charge in [0, 0.05) is 33.7 Å². The van der Waals surface area contributed by atoms with Crippen LogP contribution in [0.2, 0.25) is 5.02 Å². The lowest BCUT2D eigenvalue weighted by atomic mass is 9.99. The van der Waals surface area contributed by atoms with Crippen LogP contribution in [0.25, 0.3) is 27.7 Å². The van der Waals surface area contributed by atoms with Crippen LogP contribution in [0.3, 0.4) is 0 Å². The number of halogens is 1. The van der Waals surface area contributed by atoms with E-state index in [0.717, 1.165) is 38.8 Å². The molecule has 3 aromatic carbocycles. The van der Waals surface area contributed by atoms with E-state index in [4.69, 9.17) is 20.8 Å². The lowest BCUT2D eigenvalue weighted by Crippen LogP contribution is -2.24.